The fourth-order valence-corrected chi connectivity index (χ4v) is 4.39. The topological polar surface area (TPSA) is 53.3 Å². The van der Waals surface area contributed by atoms with Crippen LogP contribution >= 0.6 is 0 Å². The second-order valence-corrected chi connectivity index (χ2v) is 7.72. The monoisotopic (exact) mass is 390 g/mol. The number of fused-ring (bicyclic) bond motifs is 2. The zero-order valence-corrected chi connectivity index (χ0v) is 16.2. The van der Waals surface area contributed by atoms with Crippen molar-refractivity contribution in [1.82, 2.24) is 4.90 Å². The molecule has 2 aliphatic heterocycles. The number of ether oxygens (including phenoxy) is 1. The van der Waals surface area contributed by atoms with Crippen LogP contribution in [-0.2, 0) is 17.8 Å². The van der Waals surface area contributed by atoms with Crippen molar-refractivity contribution in [2.24, 2.45) is 0 Å². The van der Waals surface area contributed by atoms with Crippen LogP contribution < -0.4 is 0 Å². The van der Waals surface area contributed by atoms with E-state index in [1.807, 2.05) is 35.2 Å². The quantitative estimate of drug-likeness (QED) is 0.680. The first-order chi connectivity index (χ1) is 14.1. The number of piperidine rings is 1. The summed E-state index contributed by atoms with van der Waals surface area (Å²) >= 11 is 0. The predicted octanol–water partition coefficient (Wildman–Crippen LogP) is 5.13. The Labute approximate surface area is 170 Å². The van der Waals surface area contributed by atoms with E-state index in [1.54, 1.807) is 0 Å². The molecule has 4 nitrogen and oxygen atoms in total. The van der Waals surface area contributed by atoms with E-state index in [2.05, 4.69) is 12.1 Å². The van der Waals surface area contributed by atoms with Crippen LogP contribution in [-0.4, -0.2) is 23.1 Å². The molecule has 2 atom stereocenters. The summed E-state index contributed by atoms with van der Waals surface area (Å²) in [7, 11) is 0. The van der Waals surface area contributed by atoms with Gasteiger partial charge in [-0.25, -0.2) is 9.18 Å². The summed E-state index contributed by atoms with van der Waals surface area (Å²) in [4.78, 5) is 14.6. The van der Waals surface area contributed by atoms with Gasteiger partial charge in [-0.05, 0) is 61.4 Å². The fourth-order valence-electron chi connectivity index (χ4n) is 4.39. The molecule has 0 radical (unpaired) electrons. The van der Waals surface area contributed by atoms with Crippen molar-refractivity contribution in [2.75, 3.05) is 0 Å². The van der Waals surface area contributed by atoms with Crippen LogP contribution in [0.15, 0.2) is 60.2 Å². The van der Waals surface area contributed by atoms with Crippen molar-refractivity contribution in [1.29, 1.82) is 5.26 Å². The summed E-state index contributed by atoms with van der Waals surface area (Å²) in [5.41, 5.74) is 3.34. The largest absolute Gasteiger partial charge is 0.445 e. The van der Waals surface area contributed by atoms with Crippen LogP contribution in [0.25, 0.3) is 0 Å². The molecule has 2 unspecified atom stereocenters. The molecule has 148 valence electrons. The lowest BCUT2D eigenvalue weighted by Gasteiger charge is -2.44. The highest BCUT2D eigenvalue weighted by Crippen LogP contribution is 2.35. The molecule has 2 aliphatic rings. The lowest BCUT2D eigenvalue weighted by molar-refractivity contribution is 0.0481. The maximum absolute atomic E-state index is 13.7. The molecule has 2 bridgehead atoms. The number of halogens is 1. The van der Waals surface area contributed by atoms with Gasteiger partial charge in [0.15, 0.2) is 0 Å². The van der Waals surface area contributed by atoms with E-state index in [1.165, 1.54) is 18.2 Å². The third kappa shape index (κ3) is 4.32. The summed E-state index contributed by atoms with van der Waals surface area (Å²) in [6.07, 6.45) is 6.02. The smallest absolute Gasteiger partial charge is 0.410 e. The van der Waals surface area contributed by atoms with Crippen LogP contribution in [0, 0.1) is 17.1 Å². The van der Waals surface area contributed by atoms with Crippen LogP contribution in [0.1, 0.15) is 42.4 Å². The second kappa shape index (κ2) is 8.48. The molecule has 0 spiro atoms. The number of hydrogen-bond donors (Lipinski definition) is 0. The normalized spacial score (nSPS) is 20.6. The van der Waals surface area contributed by atoms with Gasteiger partial charge in [-0.15, -0.1) is 0 Å². The van der Waals surface area contributed by atoms with Gasteiger partial charge >= 0.3 is 6.09 Å². The van der Waals surface area contributed by atoms with E-state index in [9.17, 15) is 14.4 Å². The molecule has 2 heterocycles. The van der Waals surface area contributed by atoms with Crippen molar-refractivity contribution in [3.8, 4) is 6.07 Å². The maximum atomic E-state index is 13.7. The second-order valence-electron chi connectivity index (χ2n) is 7.72. The Morgan fingerprint density at radius 2 is 2.03 bits per heavy atom. The third-order valence-electron chi connectivity index (χ3n) is 5.74. The molecule has 0 aliphatic carbocycles. The summed E-state index contributed by atoms with van der Waals surface area (Å²) in [5, 5.41) is 9.31. The lowest BCUT2D eigenvalue weighted by Crippen LogP contribution is -2.52. The highest BCUT2D eigenvalue weighted by atomic mass is 19.1. The Hall–Kier alpha value is -3.13. The standard InChI is InChI=1S/C24H23FN2O2/c25-21-10-9-19(15-26)20(14-21)11-18-12-22-7-4-8-23(13-18)27(22)24(28)29-16-17-5-2-1-3-6-17/h1-3,5-6,9-10,12,14,22-23H,4,7-8,11,13,16H2. The van der Waals surface area contributed by atoms with Gasteiger partial charge in [0.2, 0.25) is 0 Å². The molecule has 5 heteroatoms. The molecular weight excluding hydrogens is 367 g/mol. The van der Waals surface area contributed by atoms with E-state index >= 15 is 0 Å². The van der Waals surface area contributed by atoms with Crippen LogP contribution in [0.4, 0.5) is 9.18 Å². The van der Waals surface area contributed by atoms with Gasteiger partial charge in [0.25, 0.3) is 0 Å². The first-order valence-electron chi connectivity index (χ1n) is 10.0. The number of nitrogens with zero attached hydrogens (tertiary/aromatic N) is 2. The first-order valence-corrected chi connectivity index (χ1v) is 10.0. The van der Waals surface area contributed by atoms with E-state index in [0.29, 0.717) is 17.5 Å². The van der Waals surface area contributed by atoms with Gasteiger partial charge in [-0.1, -0.05) is 42.0 Å². The van der Waals surface area contributed by atoms with Crippen molar-refractivity contribution >= 4 is 6.09 Å². The number of rotatable bonds is 4. The lowest BCUT2D eigenvalue weighted by atomic mass is 9.83. The number of nitriles is 1. The number of hydrogen-bond acceptors (Lipinski definition) is 3. The Morgan fingerprint density at radius 1 is 1.21 bits per heavy atom. The number of benzene rings is 2. The zero-order valence-electron chi connectivity index (χ0n) is 16.2. The summed E-state index contributed by atoms with van der Waals surface area (Å²) in [6, 6.07) is 16.2. The Morgan fingerprint density at radius 3 is 2.79 bits per heavy atom. The minimum atomic E-state index is -0.332. The molecule has 1 fully saturated rings. The molecule has 2 aromatic carbocycles. The molecular formula is C24H23FN2O2. The average molecular weight is 390 g/mol. The van der Waals surface area contributed by atoms with Gasteiger partial charge in [-0.3, -0.25) is 4.90 Å². The highest BCUT2D eigenvalue weighted by molar-refractivity contribution is 5.69. The molecule has 29 heavy (non-hydrogen) atoms. The summed E-state index contributed by atoms with van der Waals surface area (Å²) in [6.45, 7) is 0.265. The first kappa shape index (κ1) is 19.2. The molecule has 4 rings (SSSR count). The third-order valence-corrected chi connectivity index (χ3v) is 5.74. The molecule has 1 amide bonds. The number of carbonyl (C=O) groups excluding carboxylic acids is 1. The molecule has 0 aromatic heterocycles. The minimum absolute atomic E-state index is 0.000122. The molecule has 1 saturated heterocycles. The Bertz CT molecular complexity index is 965. The SMILES string of the molecule is N#Cc1ccc(F)cc1CC1=CC2CCCC(C1)N2C(=O)OCc1ccccc1. The molecule has 0 saturated carbocycles. The highest BCUT2D eigenvalue weighted by Gasteiger charge is 2.38. The van der Waals surface area contributed by atoms with Crippen molar-refractivity contribution in [3.05, 3.63) is 82.7 Å². The molecule has 2 aromatic rings. The van der Waals surface area contributed by atoms with Crippen molar-refractivity contribution < 1.29 is 13.9 Å². The van der Waals surface area contributed by atoms with Gasteiger partial charge in [0.1, 0.15) is 12.4 Å². The van der Waals surface area contributed by atoms with E-state index in [-0.39, 0.29) is 30.6 Å². The zero-order chi connectivity index (χ0) is 20.2. The minimum Gasteiger partial charge on any atom is -0.445 e. The van der Waals surface area contributed by atoms with Gasteiger partial charge in [0, 0.05) is 6.04 Å². The number of amides is 1. The van der Waals surface area contributed by atoms with Gasteiger partial charge in [-0.2, -0.15) is 5.26 Å². The van der Waals surface area contributed by atoms with Crippen molar-refractivity contribution in [2.45, 2.75) is 50.8 Å². The van der Waals surface area contributed by atoms with E-state index in [0.717, 1.165) is 36.8 Å². The molecule has 0 N–H and O–H groups in total. The van der Waals surface area contributed by atoms with E-state index < -0.39 is 0 Å². The van der Waals surface area contributed by atoms with Crippen LogP contribution in [0.5, 0.6) is 0 Å². The predicted molar refractivity (Wildman–Crippen MR) is 107 cm³/mol. The summed E-state index contributed by atoms with van der Waals surface area (Å²) in [5.74, 6) is -0.332. The van der Waals surface area contributed by atoms with Crippen molar-refractivity contribution in [3.63, 3.8) is 0 Å². The summed E-state index contributed by atoms with van der Waals surface area (Å²) < 4.78 is 19.2. The Balaban J connectivity index is 1.48. The average Bonchev–Trinajstić information content (AvgIpc) is 2.72. The van der Waals surface area contributed by atoms with E-state index in [4.69, 9.17) is 4.74 Å². The van der Waals surface area contributed by atoms with Crippen LogP contribution in [0.2, 0.25) is 0 Å². The fraction of sp³-hybridized carbons (Fsp3) is 0.333. The van der Waals surface area contributed by atoms with Gasteiger partial charge < -0.3 is 4.74 Å². The maximum Gasteiger partial charge on any atom is 0.410 e. The number of carbonyl (C=O) groups is 1. The van der Waals surface area contributed by atoms with Crippen LogP contribution in [0.3, 0.4) is 0 Å². The Kier molecular flexibility index (Phi) is 5.62. The van der Waals surface area contributed by atoms with Gasteiger partial charge in [0.05, 0.1) is 17.7 Å².